The summed E-state index contributed by atoms with van der Waals surface area (Å²) in [6.45, 7) is 2.46. The number of rotatable bonds is 8. The molecule has 0 saturated heterocycles. The first kappa shape index (κ1) is 21.3. The highest BCUT2D eigenvalue weighted by Gasteiger charge is 2.10. The minimum absolute atomic E-state index is 0.0849. The Morgan fingerprint density at radius 3 is 2.73 bits per heavy atom. The van der Waals surface area contributed by atoms with Crippen molar-refractivity contribution < 1.29 is 14.4 Å². The number of nitrogens with zero attached hydrogens (tertiary/aromatic N) is 3. The average Bonchev–Trinajstić information content (AvgIpc) is 2.74. The molecule has 0 aliphatic heterocycles. The Kier molecular flexibility index (Phi) is 6.97. The summed E-state index contributed by atoms with van der Waals surface area (Å²) in [6.07, 6.45) is 2.75. The molecule has 0 fully saturated rings. The monoisotopic (exact) mass is 470 g/mol. The van der Waals surface area contributed by atoms with Crippen LogP contribution in [0.3, 0.4) is 0 Å². The molecule has 0 aliphatic carbocycles. The summed E-state index contributed by atoms with van der Waals surface area (Å²) in [4.78, 5) is 14.1. The van der Waals surface area contributed by atoms with Gasteiger partial charge >= 0.3 is 0 Å². The summed E-state index contributed by atoms with van der Waals surface area (Å²) >= 11 is 3.52. The number of nitro groups is 1. The van der Waals surface area contributed by atoms with E-state index in [-0.39, 0.29) is 5.69 Å². The molecule has 8 nitrogen and oxygen atoms in total. The van der Waals surface area contributed by atoms with Gasteiger partial charge in [-0.15, -0.1) is 0 Å². The number of hydrogen-bond donors (Lipinski definition) is 1. The summed E-state index contributed by atoms with van der Waals surface area (Å²) in [5, 5.41) is 14.8. The fourth-order valence-corrected chi connectivity index (χ4v) is 3.04. The van der Waals surface area contributed by atoms with Gasteiger partial charge in [0.05, 0.1) is 18.2 Å². The van der Waals surface area contributed by atoms with Crippen molar-refractivity contribution in [2.45, 2.75) is 13.5 Å². The Balaban J connectivity index is 1.69. The van der Waals surface area contributed by atoms with Crippen LogP contribution in [0.2, 0.25) is 0 Å². The van der Waals surface area contributed by atoms with Crippen molar-refractivity contribution in [2.24, 2.45) is 5.10 Å². The summed E-state index contributed by atoms with van der Waals surface area (Å²) in [7, 11) is 1.57. The highest BCUT2D eigenvalue weighted by atomic mass is 79.9. The third kappa shape index (κ3) is 5.54. The van der Waals surface area contributed by atoms with Crippen molar-refractivity contribution in [3.8, 4) is 11.5 Å². The highest BCUT2D eigenvalue weighted by molar-refractivity contribution is 9.10. The Bertz CT molecular complexity index is 1070. The lowest BCUT2D eigenvalue weighted by atomic mass is 10.1. The van der Waals surface area contributed by atoms with Crippen LogP contribution in [-0.2, 0) is 6.61 Å². The van der Waals surface area contributed by atoms with Gasteiger partial charge in [0.25, 0.3) is 5.69 Å². The van der Waals surface area contributed by atoms with Crippen LogP contribution in [0.25, 0.3) is 0 Å². The van der Waals surface area contributed by atoms with E-state index in [9.17, 15) is 10.1 Å². The van der Waals surface area contributed by atoms with E-state index >= 15 is 0 Å². The van der Waals surface area contributed by atoms with E-state index in [2.05, 4.69) is 37.5 Å². The van der Waals surface area contributed by atoms with E-state index in [0.29, 0.717) is 23.9 Å². The molecule has 1 heterocycles. The summed E-state index contributed by atoms with van der Waals surface area (Å²) in [5.74, 6) is 1.56. The Morgan fingerprint density at radius 2 is 2.07 bits per heavy atom. The second-order valence-corrected chi connectivity index (χ2v) is 7.19. The molecule has 0 unspecified atom stereocenters. The van der Waals surface area contributed by atoms with Gasteiger partial charge in [-0.3, -0.25) is 15.5 Å². The van der Waals surface area contributed by atoms with Gasteiger partial charge in [0.15, 0.2) is 11.5 Å². The molecule has 0 bridgehead atoms. The third-order valence-electron chi connectivity index (χ3n) is 4.10. The number of halogens is 1. The van der Waals surface area contributed by atoms with Gasteiger partial charge in [0.1, 0.15) is 18.6 Å². The van der Waals surface area contributed by atoms with E-state index in [1.54, 1.807) is 19.4 Å². The fourth-order valence-electron chi connectivity index (χ4n) is 2.61. The molecule has 3 aromatic rings. The van der Waals surface area contributed by atoms with Gasteiger partial charge < -0.3 is 9.47 Å². The molecule has 154 valence electrons. The molecule has 2 aromatic carbocycles. The standard InChI is InChI=1S/C21H19BrN4O4/c1-14-4-3-5-15(8-14)13-30-20-10-18(22)16(9-19(20)29-2)11-24-25-21-7-6-17(12-23-21)26(27)28/h3-12H,13H2,1-2H3,(H,23,25)/b24-11+. The number of aryl methyl sites for hydroxylation is 1. The molecule has 0 spiro atoms. The average molecular weight is 471 g/mol. The quantitative estimate of drug-likeness (QED) is 0.279. The van der Waals surface area contributed by atoms with E-state index < -0.39 is 4.92 Å². The maximum Gasteiger partial charge on any atom is 0.287 e. The fraction of sp³-hybridized carbons (Fsp3) is 0.143. The zero-order valence-corrected chi connectivity index (χ0v) is 17.9. The normalized spacial score (nSPS) is 10.8. The van der Waals surface area contributed by atoms with E-state index in [4.69, 9.17) is 9.47 Å². The number of benzene rings is 2. The number of anilines is 1. The van der Waals surface area contributed by atoms with Gasteiger partial charge in [0.2, 0.25) is 0 Å². The molecular formula is C21H19BrN4O4. The van der Waals surface area contributed by atoms with Crippen molar-refractivity contribution in [3.05, 3.63) is 86.0 Å². The van der Waals surface area contributed by atoms with Gasteiger partial charge in [-0.05, 0) is 46.6 Å². The highest BCUT2D eigenvalue weighted by Crippen LogP contribution is 2.33. The van der Waals surface area contributed by atoms with Crippen LogP contribution in [-0.4, -0.2) is 23.2 Å². The van der Waals surface area contributed by atoms with E-state index in [0.717, 1.165) is 21.8 Å². The maximum absolute atomic E-state index is 10.7. The minimum Gasteiger partial charge on any atom is -0.493 e. The number of nitrogens with one attached hydrogen (secondary N) is 1. The molecule has 0 saturated carbocycles. The first-order valence-electron chi connectivity index (χ1n) is 8.91. The molecular weight excluding hydrogens is 452 g/mol. The molecule has 1 aromatic heterocycles. The molecule has 0 aliphatic rings. The summed E-state index contributed by atoms with van der Waals surface area (Å²) < 4.78 is 12.1. The first-order chi connectivity index (χ1) is 14.5. The van der Waals surface area contributed by atoms with Crippen molar-refractivity contribution in [1.82, 2.24) is 4.98 Å². The van der Waals surface area contributed by atoms with Crippen molar-refractivity contribution >= 4 is 33.6 Å². The maximum atomic E-state index is 10.7. The number of ether oxygens (including phenoxy) is 2. The number of hydrogen-bond acceptors (Lipinski definition) is 7. The summed E-state index contributed by atoms with van der Waals surface area (Å²) in [5.41, 5.74) is 5.64. The smallest absolute Gasteiger partial charge is 0.287 e. The Labute approximate surface area is 181 Å². The van der Waals surface area contributed by atoms with Crippen LogP contribution < -0.4 is 14.9 Å². The lowest BCUT2D eigenvalue weighted by Gasteiger charge is -2.13. The number of aromatic nitrogens is 1. The van der Waals surface area contributed by atoms with Crippen LogP contribution >= 0.6 is 15.9 Å². The SMILES string of the molecule is COc1cc(/C=N/Nc2ccc([N+](=O)[O-])cn2)c(Br)cc1OCc1cccc(C)c1. The van der Waals surface area contributed by atoms with Crippen LogP contribution in [0.1, 0.15) is 16.7 Å². The Morgan fingerprint density at radius 1 is 1.23 bits per heavy atom. The second-order valence-electron chi connectivity index (χ2n) is 6.33. The second kappa shape index (κ2) is 9.84. The zero-order valence-electron chi connectivity index (χ0n) is 16.3. The molecule has 9 heteroatoms. The van der Waals surface area contributed by atoms with Gasteiger partial charge in [-0.2, -0.15) is 5.10 Å². The van der Waals surface area contributed by atoms with Crippen molar-refractivity contribution in [1.29, 1.82) is 0 Å². The molecule has 3 rings (SSSR count). The third-order valence-corrected chi connectivity index (χ3v) is 4.79. The van der Waals surface area contributed by atoms with Crippen LogP contribution in [0.5, 0.6) is 11.5 Å². The molecule has 30 heavy (non-hydrogen) atoms. The van der Waals surface area contributed by atoms with Crippen LogP contribution in [0.4, 0.5) is 11.5 Å². The number of hydrazone groups is 1. The molecule has 0 radical (unpaired) electrons. The molecule has 0 amide bonds. The number of pyridine rings is 1. The predicted molar refractivity (Wildman–Crippen MR) is 118 cm³/mol. The molecule has 0 atom stereocenters. The minimum atomic E-state index is -0.508. The largest absolute Gasteiger partial charge is 0.493 e. The van der Waals surface area contributed by atoms with Gasteiger partial charge in [0, 0.05) is 16.1 Å². The van der Waals surface area contributed by atoms with E-state index in [1.165, 1.54) is 17.7 Å². The van der Waals surface area contributed by atoms with Gasteiger partial charge in [-0.25, -0.2) is 4.98 Å². The van der Waals surface area contributed by atoms with Crippen molar-refractivity contribution in [3.63, 3.8) is 0 Å². The van der Waals surface area contributed by atoms with Crippen LogP contribution in [0, 0.1) is 17.0 Å². The van der Waals surface area contributed by atoms with Crippen LogP contribution in [0.15, 0.2) is 64.3 Å². The lowest BCUT2D eigenvalue weighted by molar-refractivity contribution is -0.385. The number of methoxy groups -OCH3 is 1. The molecule has 1 N–H and O–H groups in total. The first-order valence-corrected chi connectivity index (χ1v) is 9.71. The topological polar surface area (TPSA) is 98.9 Å². The zero-order chi connectivity index (χ0) is 21.5. The predicted octanol–water partition coefficient (Wildman–Crippen LogP) is 5.09. The Hall–Kier alpha value is -3.46. The van der Waals surface area contributed by atoms with Crippen molar-refractivity contribution in [2.75, 3.05) is 12.5 Å². The lowest BCUT2D eigenvalue weighted by Crippen LogP contribution is -2.00. The van der Waals surface area contributed by atoms with E-state index in [1.807, 2.05) is 31.2 Å². The van der Waals surface area contributed by atoms with Gasteiger partial charge in [-0.1, -0.05) is 29.8 Å². The summed E-state index contributed by atoms with van der Waals surface area (Å²) in [6, 6.07) is 14.6.